The molecule has 0 bridgehead atoms. The number of rotatable bonds is 3. The van der Waals surface area contributed by atoms with Crippen LogP contribution in [0.4, 0.5) is 5.69 Å². The van der Waals surface area contributed by atoms with Gasteiger partial charge in [-0.25, -0.2) is 0 Å². The standard InChI is InChI=1S/C10H17N3S/c1-3-9-10(6-13(2)12-9)11-8-4-5-14-7-8/h6,8,11H,3-5,7H2,1-2H3. The quantitative estimate of drug-likeness (QED) is 0.828. The minimum absolute atomic E-state index is 0.648. The first-order valence-electron chi connectivity index (χ1n) is 5.16. The van der Waals surface area contributed by atoms with Crippen molar-refractivity contribution in [1.82, 2.24) is 9.78 Å². The molecule has 1 aliphatic heterocycles. The fourth-order valence-corrected chi connectivity index (χ4v) is 2.94. The third-order valence-corrected chi connectivity index (χ3v) is 3.69. The Bertz CT molecular complexity index is 302. The zero-order chi connectivity index (χ0) is 9.97. The molecule has 1 aromatic rings. The first-order valence-corrected chi connectivity index (χ1v) is 6.32. The topological polar surface area (TPSA) is 29.9 Å². The third kappa shape index (κ3) is 2.05. The summed E-state index contributed by atoms with van der Waals surface area (Å²) in [7, 11) is 1.98. The Morgan fingerprint density at radius 3 is 3.21 bits per heavy atom. The van der Waals surface area contributed by atoms with E-state index in [1.165, 1.54) is 29.3 Å². The predicted octanol–water partition coefficient (Wildman–Crippen LogP) is 1.90. The number of nitrogens with one attached hydrogen (secondary N) is 1. The molecule has 1 N–H and O–H groups in total. The molecule has 1 aromatic heterocycles. The van der Waals surface area contributed by atoms with Crippen molar-refractivity contribution in [3.63, 3.8) is 0 Å². The van der Waals surface area contributed by atoms with Gasteiger partial charge in [0.1, 0.15) is 0 Å². The maximum Gasteiger partial charge on any atom is 0.0853 e. The van der Waals surface area contributed by atoms with Gasteiger partial charge < -0.3 is 5.32 Å². The molecule has 1 atom stereocenters. The highest BCUT2D eigenvalue weighted by Gasteiger charge is 2.17. The van der Waals surface area contributed by atoms with Crippen LogP contribution in [0.2, 0.25) is 0 Å². The Balaban J connectivity index is 2.06. The highest BCUT2D eigenvalue weighted by Crippen LogP contribution is 2.23. The van der Waals surface area contributed by atoms with Crippen LogP contribution < -0.4 is 5.32 Å². The van der Waals surface area contributed by atoms with Crippen molar-refractivity contribution in [1.29, 1.82) is 0 Å². The average Bonchev–Trinajstić information content (AvgIpc) is 2.76. The monoisotopic (exact) mass is 211 g/mol. The summed E-state index contributed by atoms with van der Waals surface area (Å²) in [6.07, 6.45) is 4.37. The Morgan fingerprint density at radius 2 is 2.57 bits per heavy atom. The number of hydrogen-bond donors (Lipinski definition) is 1. The molecule has 1 saturated heterocycles. The molecule has 1 unspecified atom stereocenters. The van der Waals surface area contributed by atoms with Gasteiger partial charge in [0.05, 0.1) is 11.4 Å². The van der Waals surface area contributed by atoms with E-state index in [1.807, 2.05) is 23.5 Å². The molecule has 1 fully saturated rings. The van der Waals surface area contributed by atoms with E-state index < -0.39 is 0 Å². The number of thioether (sulfide) groups is 1. The highest BCUT2D eigenvalue weighted by atomic mass is 32.2. The van der Waals surface area contributed by atoms with E-state index in [-0.39, 0.29) is 0 Å². The number of aryl methyl sites for hydroxylation is 2. The Hall–Kier alpha value is -0.640. The van der Waals surface area contributed by atoms with Crippen LogP contribution in [0.1, 0.15) is 19.0 Å². The van der Waals surface area contributed by atoms with Crippen LogP contribution in [0.15, 0.2) is 6.20 Å². The van der Waals surface area contributed by atoms with Gasteiger partial charge >= 0.3 is 0 Å². The summed E-state index contributed by atoms with van der Waals surface area (Å²) in [6, 6.07) is 0.648. The van der Waals surface area contributed by atoms with Crippen LogP contribution in [0.25, 0.3) is 0 Å². The Morgan fingerprint density at radius 1 is 1.71 bits per heavy atom. The fraction of sp³-hybridized carbons (Fsp3) is 0.700. The van der Waals surface area contributed by atoms with Crippen LogP contribution in [-0.2, 0) is 13.5 Å². The van der Waals surface area contributed by atoms with Crippen LogP contribution in [0.3, 0.4) is 0 Å². The first kappa shape index (κ1) is 9.90. The minimum atomic E-state index is 0.648. The summed E-state index contributed by atoms with van der Waals surface area (Å²) in [5, 5.41) is 8.00. The van der Waals surface area contributed by atoms with E-state index in [0.29, 0.717) is 6.04 Å². The second-order valence-corrected chi connectivity index (χ2v) is 4.87. The first-order chi connectivity index (χ1) is 6.79. The molecule has 0 radical (unpaired) electrons. The van der Waals surface area contributed by atoms with Crippen molar-refractivity contribution < 1.29 is 0 Å². The second kappa shape index (κ2) is 4.26. The minimum Gasteiger partial charge on any atom is -0.379 e. The molecule has 0 saturated carbocycles. The lowest BCUT2D eigenvalue weighted by Crippen LogP contribution is -2.18. The molecular formula is C10H17N3S. The number of aromatic nitrogens is 2. The molecule has 4 heteroatoms. The molecule has 0 spiro atoms. The summed E-state index contributed by atoms with van der Waals surface area (Å²) in [5.74, 6) is 2.53. The molecule has 14 heavy (non-hydrogen) atoms. The van der Waals surface area contributed by atoms with Gasteiger partial charge in [-0.15, -0.1) is 0 Å². The molecule has 2 rings (SSSR count). The van der Waals surface area contributed by atoms with Gasteiger partial charge in [-0.3, -0.25) is 4.68 Å². The van der Waals surface area contributed by atoms with E-state index >= 15 is 0 Å². The zero-order valence-corrected chi connectivity index (χ0v) is 9.60. The fourth-order valence-electron chi connectivity index (χ4n) is 1.78. The summed E-state index contributed by atoms with van der Waals surface area (Å²) in [6.45, 7) is 2.15. The largest absolute Gasteiger partial charge is 0.379 e. The zero-order valence-electron chi connectivity index (χ0n) is 8.79. The highest BCUT2D eigenvalue weighted by molar-refractivity contribution is 7.99. The maximum absolute atomic E-state index is 4.42. The van der Waals surface area contributed by atoms with Gasteiger partial charge in [-0.05, 0) is 18.6 Å². The van der Waals surface area contributed by atoms with E-state index in [9.17, 15) is 0 Å². The summed E-state index contributed by atoms with van der Waals surface area (Å²) < 4.78 is 1.89. The molecule has 0 aliphatic carbocycles. The van der Waals surface area contributed by atoms with Crippen LogP contribution in [0.5, 0.6) is 0 Å². The number of anilines is 1. The molecule has 3 nitrogen and oxygen atoms in total. The lowest BCUT2D eigenvalue weighted by Gasteiger charge is -2.11. The smallest absolute Gasteiger partial charge is 0.0853 e. The molecule has 78 valence electrons. The molecule has 1 aliphatic rings. The van der Waals surface area contributed by atoms with E-state index in [4.69, 9.17) is 0 Å². The van der Waals surface area contributed by atoms with Crippen molar-refractivity contribution in [2.24, 2.45) is 7.05 Å². The van der Waals surface area contributed by atoms with Crippen LogP contribution in [-0.4, -0.2) is 27.3 Å². The lowest BCUT2D eigenvalue weighted by molar-refractivity contribution is 0.746. The molecular weight excluding hydrogens is 194 g/mol. The molecule has 0 amide bonds. The summed E-state index contributed by atoms with van der Waals surface area (Å²) in [4.78, 5) is 0. The van der Waals surface area contributed by atoms with E-state index in [2.05, 4.69) is 23.5 Å². The van der Waals surface area contributed by atoms with Crippen molar-refractivity contribution >= 4 is 17.4 Å². The van der Waals surface area contributed by atoms with Gasteiger partial charge in [-0.2, -0.15) is 16.9 Å². The molecule has 0 aromatic carbocycles. The van der Waals surface area contributed by atoms with E-state index in [1.54, 1.807) is 0 Å². The second-order valence-electron chi connectivity index (χ2n) is 3.72. The van der Waals surface area contributed by atoms with Gasteiger partial charge in [0.25, 0.3) is 0 Å². The van der Waals surface area contributed by atoms with Crippen molar-refractivity contribution in [3.8, 4) is 0 Å². The van der Waals surface area contributed by atoms with Crippen LogP contribution >= 0.6 is 11.8 Å². The van der Waals surface area contributed by atoms with Gasteiger partial charge in [-0.1, -0.05) is 6.92 Å². The number of hydrogen-bond acceptors (Lipinski definition) is 3. The SMILES string of the molecule is CCc1nn(C)cc1NC1CCSC1. The Kier molecular flexibility index (Phi) is 3.01. The summed E-state index contributed by atoms with van der Waals surface area (Å²) in [5.41, 5.74) is 2.41. The van der Waals surface area contributed by atoms with Crippen LogP contribution in [0, 0.1) is 0 Å². The molecule has 2 heterocycles. The van der Waals surface area contributed by atoms with Crippen molar-refractivity contribution in [2.45, 2.75) is 25.8 Å². The normalized spacial score (nSPS) is 21.4. The Labute approximate surface area is 89.3 Å². The predicted molar refractivity (Wildman–Crippen MR) is 61.9 cm³/mol. The lowest BCUT2D eigenvalue weighted by atomic mass is 10.2. The third-order valence-electron chi connectivity index (χ3n) is 2.53. The van der Waals surface area contributed by atoms with E-state index in [0.717, 1.165) is 6.42 Å². The number of nitrogens with zero attached hydrogens (tertiary/aromatic N) is 2. The average molecular weight is 211 g/mol. The van der Waals surface area contributed by atoms with Crippen molar-refractivity contribution in [2.75, 3.05) is 16.8 Å². The summed E-state index contributed by atoms with van der Waals surface area (Å²) >= 11 is 2.03. The van der Waals surface area contributed by atoms with Gasteiger partial charge in [0.2, 0.25) is 0 Å². The maximum atomic E-state index is 4.42. The van der Waals surface area contributed by atoms with Gasteiger partial charge in [0, 0.05) is 25.0 Å². The van der Waals surface area contributed by atoms with Gasteiger partial charge in [0.15, 0.2) is 0 Å². The van der Waals surface area contributed by atoms with Crippen molar-refractivity contribution in [3.05, 3.63) is 11.9 Å².